The standard InChI is InChI=1S/C7H12BrNO/c1-5-2-3-7(10)6(8)4-9-5/h5-6,9H,2-4H2,1H3. The zero-order valence-electron chi connectivity index (χ0n) is 6.06. The molecule has 0 saturated carbocycles. The minimum atomic E-state index is 0.0393. The first-order valence-electron chi connectivity index (χ1n) is 3.60. The molecule has 1 aliphatic rings. The molecule has 3 heteroatoms. The van der Waals surface area contributed by atoms with Gasteiger partial charge in [-0.1, -0.05) is 15.9 Å². The Morgan fingerprint density at radius 2 is 2.40 bits per heavy atom. The summed E-state index contributed by atoms with van der Waals surface area (Å²) in [6.07, 6.45) is 1.69. The van der Waals surface area contributed by atoms with Gasteiger partial charge in [-0.3, -0.25) is 4.79 Å². The van der Waals surface area contributed by atoms with Gasteiger partial charge in [-0.05, 0) is 13.3 Å². The molecule has 1 saturated heterocycles. The lowest BCUT2D eigenvalue weighted by Gasteiger charge is -2.07. The maximum Gasteiger partial charge on any atom is 0.147 e. The van der Waals surface area contributed by atoms with E-state index < -0.39 is 0 Å². The van der Waals surface area contributed by atoms with Crippen molar-refractivity contribution < 1.29 is 4.79 Å². The van der Waals surface area contributed by atoms with Crippen molar-refractivity contribution in [3.8, 4) is 0 Å². The molecule has 2 nitrogen and oxygen atoms in total. The van der Waals surface area contributed by atoms with Crippen molar-refractivity contribution in [2.75, 3.05) is 6.54 Å². The Bertz CT molecular complexity index is 138. The van der Waals surface area contributed by atoms with Crippen LogP contribution in [0.4, 0.5) is 0 Å². The molecule has 1 fully saturated rings. The second-order valence-corrected chi connectivity index (χ2v) is 3.89. The first-order chi connectivity index (χ1) is 4.70. The average Bonchev–Trinajstić information content (AvgIpc) is 2.04. The number of carbonyl (C=O) groups is 1. The van der Waals surface area contributed by atoms with Crippen molar-refractivity contribution in [3.63, 3.8) is 0 Å². The summed E-state index contributed by atoms with van der Waals surface area (Å²) in [6.45, 7) is 2.89. The Labute approximate surface area is 69.5 Å². The highest BCUT2D eigenvalue weighted by Gasteiger charge is 2.19. The second-order valence-electron chi connectivity index (χ2n) is 2.78. The van der Waals surface area contributed by atoms with Gasteiger partial charge in [-0.15, -0.1) is 0 Å². The van der Waals surface area contributed by atoms with Crippen molar-refractivity contribution >= 4 is 21.7 Å². The van der Waals surface area contributed by atoms with E-state index in [0.717, 1.165) is 13.0 Å². The van der Waals surface area contributed by atoms with Crippen LogP contribution in [0.1, 0.15) is 19.8 Å². The van der Waals surface area contributed by atoms with E-state index in [4.69, 9.17) is 0 Å². The Balaban J connectivity index is 2.46. The summed E-state index contributed by atoms with van der Waals surface area (Å²) >= 11 is 3.32. The number of alkyl halides is 1. The summed E-state index contributed by atoms with van der Waals surface area (Å²) in [7, 11) is 0. The molecule has 0 aliphatic carbocycles. The zero-order chi connectivity index (χ0) is 7.56. The molecular weight excluding hydrogens is 194 g/mol. The lowest BCUT2D eigenvalue weighted by Crippen LogP contribution is -2.29. The van der Waals surface area contributed by atoms with Crippen LogP contribution >= 0.6 is 15.9 Å². The molecule has 2 unspecified atom stereocenters. The Kier molecular flexibility index (Phi) is 2.86. The van der Waals surface area contributed by atoms with Crippen LogP contribution in [0.2, 0.25) is 0 Å². The quantitative estimate of drug-likeness (QED) is 0.601. The van der Waals surface area contributed by atoms with E-state index in [0.29, 0.717) is 18.2 Å². The molecule has 1 aliphatic heterocycles. The van der Waals surface area contributed by atoms with Gasteiger partial charge in [-0.25, -0.2) is 0 Å². The first-order valence-corrected chi connectivity index (χ1v) is 4.52. The molecule has 0 amide bonds. The third kappa shape index (κ3) is 2.06. The van der Waals surface area contributed by atoms with Crippen LogP contribution in [-0.4, -0.2) is 23.2 Å². The van der Waals surface area contributed by atoms with Crippen molar-refractivity contribution in [1.82, 2.24) is 5.32 Å². The molecule has 0 spiro atoms. The largest absolute Gasteiger partial charge is 0.313 e. The highest BCUT2D eigenvalue weighted by atomic mass is 79.9. The van der Waals surface area contributed by atoms with Crippen molar-refractivity contribution in [2.45, 2.75) is 30.6 Å². The molecule has 10 heavy (non-hydrogen) atoms. The lowest BCUT2D eigenvalue weighted by atomic mass is 10.1. The summed E-state index contributed by atoms with van der Waals surface area (Å²) in [6, 6.07) is 0.492. The number of hydrogen-bond acceptors (Lipinski definition) is 2. The second kappa shape index (κ2) is 3.49. The number of nitrogens with one attached hydrogen (secondary N) is 1. The van der Waals surface area contributed by atoms with Gasteiger partial charge in [0.25, 0.3) is 0 Å². The predicted octanol–water partition coefficient (Wildman–Crippen LogP) is 1.09. The molecule has 1 rings (SSSR count). The number of carbonyl (C=O) groups excluding carboxylic acids is 1. The van der Waals surface area contributed by atoms with Gasteiger partial charge in [0, 0.05) is 19.0 Å². The highest BCUT2D eigenvalue weighted by molar-refractivity contribution is 9.10. The van der Waals surface area contributed by atoms with E-state index in [2.05, 4.69) is 28.2 Å². The molecular formula is C7H12BrNO. The summed E-state index contributed by atoms with van der Waals surface area (Å²) in [5.41, 5.74) is 0. The summed E-state index contributed by atoms with van der Waals surface area (Å²) in [5.74, 6) is 0.330. The topological polar surface area (TPSA) is 29.1 Å². The van der Waals surface area contributed by atoms with E-state index in [9.17, 15) is 4.79 Å². The van der Waals surface area contributed by atoms with Gasteiger partial charge in [0.15, 0.2) is 0 Å². The highest BCUT2D eigenvalue weighted by Crippen LogP contribution is 2.10. The monoisotopic (exact) mass is 205 g/mol. The van der Waals surface area contributed by atoms with E-state index in [1.165, 1.54) is 0 Å². The van der Waals surface area contributed by atoms with Crippen LogP contribution in [-0.2, 0) is 4.79 Å². The van der Waals surface area contributed by atoms with Crippen LogP contribution in [0.3, 0.4) is 0 Å². The molecule has 0 aromatic heterocycles. The van der Waals surface area contributed by atoms with Gasteiger partial charge in [-0.2, -0.15) is 0 Å². The van der Waals surface area contributed by atoms with E-state index in [1.54, 1.807) is 0 Å². The normalized spacial score (nSPS) is 35.6. The van der Waals surface area contributed by atoms with Gasteiger partial charge < -0.3 is 5.32 Å². The molecule has 1 heterocycles. The molecule has 0 radical (unpaired) electrons. The summed E-state index contributed by atoms with van der Waals surface area (Å²) < 4.78 is 0. The summed E-state index contributed by atoms with van der Waals surface area (Å²) in [4.78, 5) is 11.1. The third-order valence-corrected chi connectivity index (χ3v) is 2.65. The fourth-order valence-corrected chi connectivity index (χ4v) is 1.45. The smallest absolute Gasteiger partial charge is 0.147 e. The van der Waals surface area contributed by atoms with Crippen molar-refractivity contribution in [3.05, 3.63) is 0 Å². The molecule has 0 aromatic rings. The Morgan fingerprint density at radius 1 is 1.70 bits per heavy atom. The zero-order valence-corrected chi connectivity index (χ0v) is 7.65. The number of halogens is 1. The van der Waals surface area contributed by atoms with Gasteiger partial charge in [0.2, 0.25) is 0 Å². The molecule has 58 valence electrons. The number of hydrogen-bond donors (Lipinski definition) is 1. The van der Waals surface area contributed by atoms with Gasteiger partial charge >= 0.3 is 0 Å². The molecule has 1 N–H and O–H groups in total. The Morgan fingerprint density at radius 3 is 3.10 bits per heavy atom. The molecule has 0 aromatic carbocycles. The SMILES string of the molecule is CC1CCC(=O)C(Br)CN1. The van der Waals surface area contributed by atoms with E-state index >= 15 is 0 Å². The first kappa shape index (κ1) is 8.21. The number of Topliss-reactive ketones (excluding diaryl/α,β-unsaturated/α-hetero) is 1. The molecule has 2 atom stereocenters. The Hall–Kier alpha value is 0.110. The molecule has 0 bridgehead atoms. The lowest BCUT2D eigenvalue weighted by molar-refractivity contribution is -0.118. The van der Waals surface area contributed by atoms with Crippen LogP contribution in [0.15, 0.2) is 0 Å². The van der Waals surface area contributed by atoms with Crippen molar-refractivity contribution in [1.29, 1.82) is 0 Å². The van der Waals surface area contributed by atoms with E-state index in [-0.39, 0.29) is 4.83 Å². The minimum absolute atomic E-state index is 0.0393. The van der Waals surface area contributed by atoms with Gasteiger partial charge in [0.1, 0.15) is 5.78 Å². The number of rotatable bonds is 0. The van der Waals surface area contributed by atoms with Gasteiger partial charge in [0.05, 0.1) is 4.83 Å². The van der Waals surface area contributed by atoms with Crippen molar-refractivity contribution in [2.24, 2.45) is 0 Å². The van der Waals surface area contributed by atoms with Crippen LogP contribution < -0.4 is 5.32 Å². The van der Waals surface area contributed by atoms with Crippen LogP contribution in [0.5, 0.6) is 0 Å². The van der Waals surface area contributed by atoms with Crippen LogP contribution in [0.25, 0.3) is 0 Å². The predicted molar refractivity (Wildman–Crippen MR) is 44.4 cm³/mol. The maximum absolute atomic E-state index is 11.1. The van der Waals surface area contributed by atoms with Crippen LogP contribution in [0, 0.1) is 0 Å². The summed E-state index contributed by atoms with van der Waals surface area (Å²) in [5, 5.41) is 3.26. The van der Waals surface area contributed by atoms with E-state index in [1.807, 2.05) is 0 Å². The minimum Gasteiger partial charge on any atom is -0.313 e. The third-order valence-electron chi connectivity index (χ3n) is 1.82. The number of ketones is 1. The average molecular weight is 206 g/mol. The fourth-order valence-electron chi connectivity index (χ4n) is 1.04. The fraction of sp³-hybridized carbons (Fsp3) is 0.857. The maximum atomic E-state index is 11.1.